The van der Waals surface area contributed by atoms with Gasteiger partial charge in [0, 0.05) is 19.1 Å². The van der Waals surface area contributed by atoms with E-state index >= 15 is 0 Å². The summed E-state index contributed by atoms with van der Waals surface area (Å²) in [5.41, 5.74) is -0.475. The number of hydrogen-bond acceptors (Lipinski definition) is 4. The SMILES string of the molecule is CS(=O)(=O)NC1CCN(C(=O)c2ccc(C(=O)O)cc2F)C1. The lowest BCUT2D eigenvalue weighted by Crippen LogP contribution is -2.38. The van der Waals surface area contributed by atoms with Crippen LogP contribution in [0.15, 0.2) is 18.2 Å². The maximum absolute atomic E-state index is 13.9. The highest BCUT2D eigenvalue weighted by atomic mass is 32.2. The number of carboxylic acids is 1. The Morgan fingerprint density at radius 2 is 2.09 bits per heavy atom. The van der Waals surface area contributed by atoms with E-state index in [9.17, 15) is 22.4 Å². The molecule has 9 heteroatoms. The molecule has 2 rings (SSSR count). The summed E-state index contributed by atoms with van der Waals surface area (Å²) in [7, 11) is -3.37. The van der Waals surface area contributed by atoms with Gasteiger partial charge in [0.2, 0.25) is 10.0 Å². The van der Waals surface area contributed by atoms with E-state index in [0.29, 0.717) is 13.0 Å². The fourth-order valence-electron chi connectivity index (χ4n) is 2.34. The van der Waals surface area contributed by atoms with Crippen molar-refractivity contribution in [2.75, 3.05) is 19.3 Å². The summed E-state index contributed by atoms with van der Waals surface area (Å²) in [4.78, 5) is 24.3. The molecule has 1 fully saturated rings. The van der Waals surface area contributed by atoms with Crippen molar-refractivity contribution in [3.05, 3.63) is 35.1 Å². The predicted octanol–water partition coefficient (Wildman–Crippen LogP) is 0.288. The van der Waals surface area contributed by atoms with Crippen molar-refractivity contribution in [3.63, 3.8) is 0 Å². The van der Waals surface area contributed by atoms with Gasteiger partial charge in [0.05, 0.1) is 17.4 Å². The van der Waals surface area contributed by atoms with E-state index in [-0.39, 0.29) is 17.7 Å². The summed E-state index contributed by atoms with van der Waals surface area (Å²) in [5, 5.41) is 8.77. The summed E-state index contributed by atoms with van der Waals surface area (Å²) >= 11 is 0. The maximum atomic E-state index is 13.9. The quantitative estimate of drug-likeness (QED) is 0.826. The van der Waals surface area contributed by atoms with Crippen molar-refractivity contribution in [2.45, 2.75) is 12.5 Å². The van der Waals surface area contributed by atoms with Gasteiger partial charge in [-0.15, -0.1) is 0 Å². The number of halogens is 1. The molecule has 1 heterocycles. The molecule has 0 spiro atoms. The highest BCUT2D eigenvalue weighted by Crippen LogP contribution is 2.17. The minimum absolute atomic E-state index is 0.145. The minimum atomic E-state index is -3.37. The van der Waals surface area contributed by atoms with Gasteiger partial charge in [0.15, 0.2) is 0 Å². The number of carbonyl (C=O) groups excluding carboxylic acids is 1. The normalized spacial score (nSPS) is 18.5. The van der Waals surface area contributed by atoms with Gasteiger partial charge in [-0.1, -0.05) is 0 Å². The average Bonchev–Trinajstić information content (AvgIpc) is 2.83. The smallest absolute Gasteiger partial charge is 0.335 e. The van der Waals surface area contributed by atoms with Crippen LogP contribution in [0, 0.1) is 5.82 Å². The largest absolute Gasteiger partial charge is 0.478 e. The summed E-state index contributed by atoms with van der Waals surface area (Å²) in [6, 6.07) is 2.66. The van der Waals surface area contributed by atoms with Crippen molar-refractivity contribution in [1.29, 1.82) is 0 Å². The van der Waals surface area contributed by atoms with E-state index in [1.165, 1.54) is 4.90 Å². The van der Waals surface area contributed by atoms with Crippen molar-refractivity contribution in [3.8, 4) is 0 Å². The first-order valence-electron chi connectivity index (χ1n) is 6.47. The van der Waals surface area contributed by atoms with Crippen molar-refractivity contribution in [2.24, 2.45) is 0 Å². The highest BCUT2D eigenvalue weighted by Gasteiger charge is 2.30. The van der Waals surface area contributed by atoms with Crippen molar-refractivity contribution in [1.82, 2.24) is 9.62 Å². The van der Waals surface area contributed by atoms with Crippen LogP contribution in [-0.4, -0.2) is 55.7 Å². The average molecular weight is 330 g/mol. The Morgan fingerprint density at radius 1 is 1.41 bits per heavy atom. The molecule has 0 aliphatic carbocycles. The first-order chi connectivity index (χ1) is 10.2. The fourth-order valence-corrected chi connectivity index (χ4v) is 3.13. The summed E-state index contributed by atoms with van der Waals surface area (Å²) in [5.74, 6) is -2.78. The molecule has 1 aromatic carbocycles. The molecule has 1 amide bonds. The standard InChI is InChI=1S/C13H15FN2O5S/c1-22(20,21)15-9-4-5-16(7-9)12(17)10-3-2-8(13(18)19)6-11(10)14/h2-3,6,9,15H,4-5,7H2,1H3,(H,18,19). The molecule has 1 saturated heterocycles. The number of amides is 1. The topological polar surface area (TPSA) is 104 Å². The van der Waals surface area contributed by atoms with E-state index in [1.807, 2.05) is 0 Å². The van der Waals surface area contributed by atoms with Gasteiger partial charge >= 0.3 is 5.97 Å². The Kier molecular flexibility index (Phi) is 4.47. The van der Waals surface area contributed by atoms with Gasteiger partial charge in [0.1, 0.15) is 5.82 Å². The van der Waals surface area contributed by atoms with Crippen molar-refractivity contribution < 1.29 is 27.5 Å². The predicted molar refractivity (Wildman–Crippen MR) is 75.6 cm³/mol. The second-order valence-corrected chi connectivity index (χ2v) is 6.91. The molecule has 1 unspecified atom stereocenters. The molecule has 22 heavy (non-hydrogen) atoms. The zero-order valence-electron chi connectivity index (χ0n) is 11.7. The Morgan fingerprint density at radius 3 is 2.64 bits per heavy atom. The Balaban J connectivity index is 2.11. The van der Waals surface area contributed by atoms with Crippen LogP contribution >= 0.6 is 0 Å². The van der Waals surface area contributed by atoms with Gasteiger partial charge in [0.25, 0.3) is 5.91 Å². The Hall–Kier alpha value is -2.00. The number of carboxylic acid groups (broad SMARTS) is 1. The second-order valence-electron chi connectivity index (χ2n) is 5.13. The molecule has 7 nitrogen and oxygen atoms in total. The zero-order valence-corrected chi connectivity index (χ0v) is 12.6. The van der Waals surface area contributed by atoms with E-state index in [4.69, 9.17) is 5.11 Å². The van der Waals surface area contributed by atoms with Crippen molar-refractivity contribution >= 4 is 21.9 Å². The lowest BCUT2D eigenvalue weighted by molar-refractivity contribution is 0.0694. The van der Waals surface area contributed by atoms with Crippen LogP contribution in [0.1, 0.15) is 27.1 Å². The highest BCUT2D eigenvalue weighted by molar-refractivity contribution is 7.88. The fraction of sp³-hybridized carbons (Fsp3) is 0.385. The molecular weight excluding hydrogens is 315 g/mol. The number of nitrogens with zero attached hydrogens (tertiary/aromatic N) is 1. The summed E-state index contributed by atoms with van der Waals surface area (Å²) < 4.78 is 38.6. The molecule has 0 bridgehead atoms. The van der Waals surface area contributed by atoms with E-state index in [2.05, 4.69) is 4.72 Å². The number of rotatable bonds is 4. The van der Waals surface area contributed by atoms with E-state index in [0.717, 1.165) is 24.5 Å². The van der Waals surface area contributed by atoms with Crippen LogP contribution in [0.25, 0.3) is 0 Å². The van der Waals surface area contributed by atoms with E-state index < -0.39 is 33.8 Å². The maximum Gasteiger partial charge on any atom is 0.335 e. The van der Waals surface area contributed by atoms with Gasteiger partial charge in [-0.25, -0.2) is 22.3 Å². The number of aromatic carboxylic acids is 1. The molecule has 0 saturated carbocycles. The first-order valence-corrected chi connectivity index (χ1v) is 8.36. The zero-order chi connectivity index (χ0) is 16.5. The number of likely N-dealkylation sites (tertiary alicyclic amines) is 1. The van der Waals surface area contributed by atoms with Crippen LogP contribution in [-0.2, 0) is 10.0 Å². The lowest BCUT2D eigenvalue weighted by Gasteiger charge is -2.17. The summed E-state index contributed by atoms with van der Waals surface area (Å²) in [6.45, 7) is 0.443. The third-order valence-electron chi connectivity index (χ3n) is 3.30. The molecule has 1 atom stereocenters. The number of sulfonamides is 1. The van der Waals surface area contributed by atoms with Crippen LogP contribution in [0.4, 0.5) is 4.39 Å². The molecule has 2 N–H and O–H groups in total. The van der Waals surface area contributed by atoms with Gasteiger partial charge < -0.3 is 10.0 Å². The molecule has 120 valence electrons. The third-order valence-corrected chi connectivity index (χ3v) is 4.06. The van der Waals surface area contributed by atoms with Gasteiger partial charge in [-0.3, -0.25) is 4.79 Å². The number of nitrogens with one attached hydrogen (secondary N) is 1. The van der Waals surface area contributed by atoms with Crippen LogP contribution < -0.4 is 4.72 Å². The lowest BCUT2D eigenvalue weighted by atomic mass is 10.1. The first kappa shape index (κ1) is 16.4. The van der Waals surface area contributed by atoms with Crippen LogP contribution in [0.2, 0.25) is 0 Å². The Labute approximate surface area is 126 Å². The van der Waals surface area contributed by atoms with Crippen LogP contribution in [0.5, 0.6) is 0 Å². The molecule has 1 aliphatic heterocycles. The molecular formula is C13H15FN2O5S. The molecule has 0 aromatic heterocycles. The Bertz CT molecular complexity index is 719. The number of hydrogen-bond donors (Lipinski definition) is 2. The van der Waals surface area contributed by atoms with Gasteiger partial charge in [-0.05, 0) is 24.6 Å². The number of carbonyl (C=O) groups is 2. The molecule has 1 aromatic rings. The molecule has 0 radical (unpaired) electrons. The van der Waals surface area contributed by atoms with Gasteiger partial charge in [-0.2, -0.15) is 0 Å². The number of benzene rings is 1. The van der Waals surface area contributed by atoms with E-state index in [1.54, 1.807) is 0 Å². The third kappa shape index (κ3) is 3.80. The summed E-state index contributed by atoms with van der Waals surface area (Å²) in [6.07, 6.45) is 1.47. The monoisotopic (exact) mass is 330 g/mol. The van der Waals surface area contributed by atoms with Crippen LogP contribution in [0.3, 0.4) is 0 Å². The second kappa shape index (κ2) is 6.01. The molecule has 1 aliphatic rings. The minimum Gasteiger partial charge on any atom is -0.478 e.